The number of fused-ring (bicyclic) bond motifs is 4. The van der Waals surface area contributed by atoms with Crippen molar-refractivity contribution >= 4 is 23.4 Å². The molecule has 1 saturated carbocycles. The van der Waals surface area contributed by atoms with Gasteiger partial charge in [0.2, 0.25) is 11.4 Å². The number of aromatic nitrogens is 1. The molecule has 0 amide bonds. The first-order chi connectivity index (χ1) is 15.7. The smallest absolute Gasteiger partial charge is 0.311 e. The van der Waals surface area contributed by atoms with E-state index in [1.165, 1.54) is 24.4 Å². The molecule has 2 N–H and O–H groups in total. The highest BCUT2D eigenvalue weighted by Crippen LogP contribution is 2.64. The first kappa shape index (κ1) is 21.5. The summed E-state index contributed by atoms with van der Waals surface area (Å²) in [6.07, 6.45) is -1.55. The van der Waals surface area contributed by atoms with Crippen molar-refractivity contribution in [3.63, 3.8) is 0 Å². The zero-order valence-electron chi connectivity index (χ0n) is 16.8. The topological polar surface area (TPSA) is 96.7 Å². The Kier molecular flexibility index (Phi) is 4.77. The molecule has 3 aromatic rings. The van der Waals surface area contributed by atoms with Gasteiger partial charge in [0.1, 0.15) is 17.4 Å². The number of ether oxygens (including phenoxy) is 1. The molecule has 2 heterocycles. The van der Waals surface area contributed by atoms with Crippen LogP contribution in [0.3, 0.4) is 0 Å². The van der Waals surface area contributed by atoms with Crippen LogP contribution in [0.25, 0.3) is 0 Å². The van der Waals surface area contributed by atoms with Crippen LogP contribution in [0, 0.1) is 5.92 Å². The van der Waals surface area contributed by atoms with Crippen molar-refractivity contribution in [1.29, 1.82) is 0 Å². The van der Waals surface area contributed by atoms with Crippen molar-refractivity contribution in [2.24, 2.45) is 5.92 Å². The van der Waals surface area contributed by atoms with E-state index >= 15 is 0 Å². The van der Waals surface area contributed by atoms with Gasteiger partial charge in [-0.2, -0.15) is 0 Å². The molecule has 1 fully saturated rings. The van der Waals surface area contributed by atoms with Gasteiger partial charge in [0, 0.05) is 23.4 Å². The van der Waals surface area contributed by atoms with Gasteiger partial charge in [-0.1, -0.05) is 66.2 Å². The summed E-state index contributed by atoms with van der Waals surface area (Å²) in [5, 5.41) is 22.1. The maximum Gasteiger partial charge on any atom is 0.311 e. The van der Waals surface area contributed by atoms with Crippen molar-refractivity contribution in [2.75, 3.05) is 0 Å². The van der Waals surface area contributed by atoms with Gasteiger partial charge in [-0.15, -0.1) is 0 Å². The summed E-state index contributed by atoms with van der Waals surface area (Å²) < 4.78 is 32.5. The van der Waals surface area contributed by atoms with Crippen LogP contribution in [0.2, 0.25) is 5.02 Å². The maximum atomic E-state index is 13.9. The fourth-order valence-electron chi connectivity index (χ4n) is 5.02. The molecular weight excluding hydrogens is 456 g/mol. The van der Waals surface area contributed by atoms with E-state index < -0.39 is 41.2 Å². The number of benzene rings is 2. The van der Waals surface area contributed by atoms with Gasteiger partial charge in [0.05, 0.1) is 10.9 Å². The Bertz CT molecular complexity index is 1270. The molecule has 1 aliphatic heterocycles. The van der Waals surface area contributed by atoms with Crippen molar-refractivity contribution in [3.8, 4) is 5.75 Å². The lowest BCUT2D eigenvalue weighted by molar-refractivity contribution is -0.161. The number of pyridine rings is 1. The number of rotatable bonds is 4. The van der Waals surface area contributed by atoms with Crippen LogP contribution >= 0.6 is 11.6 Å². The molecule has 2 aromatic carbocycles. The predicted octanol–water partition coefficient (Wildman–Crippen LogP) is 4.22. The van der Waals surface area contributed by atoms with Gasteiger partial charge >= 0.3 is 5.97 Å². The van der Waals surface area contributed by atoms with Crippen molar-refractivity contribution in [2.45, 2.75) is 23.5 Å². The molecule has 33 heavy (non-hydrogen) atoms. The monoisotopic (exact) mass is 471 g/mol. The van der Waals surface area contributed by atoms with Crippen LogP contribution in [0.4, 0.5) is 8.78 Å². The third-order valence-corrected chi connectivity index (χ3v) is 6.58. The molecule has 1 aromatic heterocycles. The fraction of sp³-hybridized carbons (Fsp3) is 0.208. The second-order valence-electron chi connectivity index (χ2n) is 8.06. The third-order valence-electron chi connectivity index (χ3n) is 6.37. The Balaban J connectivity index is 1.85. The number of carboxylic acids is 1. The predicted molar refractivity (Wildman–Crippen MR) is 112 cm³/mol. The first-order valence-corrected chi connectivity index (χ1v) is 10.4. The summed E-state index contributed by atoms with van der Waals surface area (Å²) in [4.78, 5) is 30.5. The largest absolute Gasteiger partial charge is 0.481 e. The van der Waals surface area contributed by atoms with Crippen molar-refractivity contribution in [3.05, 3.63) is 94.3 Å². The van der Waals surface area contributed by atoms with Gasteiger partial charge in [-0.25, -0.2) is 8.78 Å². The third kappa shape index (κ3) is 2.84. The van der Waals surface area contributed by atoms with E-state index in [2.05, 4.69) is 4.98 Å². The van der Waals surface area contributed by atoms with Gasteiger partial charge < -0.3 is 14.9 Å². The minimum Gasteiger partial charge on any atom is -0.481 e. The summed E-state index contributed by atoms with van der Waals surface area (Å²) >= 11 is 6.06. The number of aliphatic carboxylic acids is 1. The Morgan fingerprint density at radius 3 is 2.39 bits per heavy atom. The molecule has 0 unspecified atom stereocenters. The maximum absolute atomic E-state index is 13.9. The average molecular weight is 472 g/mol. The minimum atomic E-state index is -2.74. The van der Waals surface area contributed by atoms with E-state index in [4.69, 9.17) is 16.3 Å². The summed E-state index contributed by atoms with van der Waals surface area (Å²) in [5.41, 5.74) is -4.51. The summed E-state index contributed by atoms with van der Waals surface area (Å²) in [6.45, 7) is 0. The zero-order chi connectivity index (χ0) is 23.5. The molecule has 5 rings (SSSR count). The molecule has 9 heteroatoms. The van der Waals surface area contributed by atoms with Gasteiger partial charge in [-0.05, 0) is 5.56 Å². The number of hydrogen-bond acceptors (Lipinski definition) is 5. The van der Waals surface area contributed by atoms with Crippen LogP contribution in [-0.4, -0.2) is 26.9 Å². The van der Waals surface area contributed by atoms with Crippen molar-refractivity contribution < 1.29 is 33.3 Å². The lowest BCUT2D eigenvalue weighted by atomic mass is 9.75. The van der Waals surface area contributed by atoms with E-state index in [-0.39, 0.29) is 27.6 Å². The molecule has 0 saturated heterocycles. The molecule has 0 spiro atoms. The number of nitrogens with zero attached hydrogens (tertiary/aromatic N) is 1. The molecule has 2 bridgehead atoms. The van der Waals surface area contributed by atoms with Gasteiger partial charge in [0.15, 0.2) is 5.60 Å². The van der Waals surface area contributed by atoms with Gasteiger partial charge in [-0.3, -0.25) is 14.6 Å². The van der Waals surface area contributed by atoms with E-state index in [1.54, 1.807) is 30.3 Å². The van der Waals surface area contributed by atoms with Crippen LogP contribution < -0.4 is 4.74 Å². The molecule has 6 nitrogen and oxygen atoms in total. The van der Waals surface area contributed by atoms with Crippen LogP contribution in [0.5, 0.6) is 5.75 Å². The van der Waals surface area contributed by atoms with E-state index in [0.29, 0.717) is 5.56 Å². The summed E-state index contributed by atoms with van der Waals surface area (Å²) in [5.74, 6) is -5.27. The normalized spacial score (nSPS) is 27.8. The Morgan fingerprint density at radius 1 is 1.12 bits per heavy atom. The number of aliphatic hydroxyl groups is 1. The summed E-state index contributed by atoms with van der Waals surface area (Å²) in [7, 11) is 0. The number of carbonyl (C=O) groups is 2. The minimum absolute atomic E-state index is 0.0489. The van der Waals surface area contributed by atoms with Crippen LogP contribution in [0.15, 0.2) is 66.9 Å². The standard InChI is InChI=1S/C24H16ClF2NO5/c25-15-10-16-19(28-11-15)23(32)18(21(29)30)17(12-4-2-1-3-5-12)24(33-16,22(23)31)14-8-6-13(7-9-14)20(26)27/h1-11,17-18,20,32H,(H,29,30)/t17-,18-,23-,24-/m1/s1. The van der Waals surface area contributed by atoms with Crippen molar-refractivity contribution in [1.82, 2.24) is 4.98 Å². The Morgan fingerprint density at radius 2 is 1.79 bits per heavy atom. The van der Waals surface area contributed by atoms with E-state index in [1.807, 2.05) is 0 Å². The Hall–Kier alpha value is -3.36. The second kappa shape index (κ2) is 7.33. The highest BCUT2D eigenvalue weighted by molar-refractivity contribution is 6.30. The number of carboxylic acid groups (broad SMARTS) is 1. The van der Waals surface area contributed by atoms with E-state index in [9.17, 15) is 28.6 Å². The van der Waals surface area contributed by atoms with Crippen LogP contribution in [0.1, 0.15) is 34.7 Å². The SMILES string of the molecule is O=C(O)[C@H]1[C@@H](c2ccccc2)[C@@]2(c3ccc(C(F)F)cc3)Oc3cc(Cl)cnc3[C@@]1(O)C2=O. The summed E-state index contributed by atoms with van der Waals surface area (Å²) in [6, 6.07) is 14.5. The molecule has 0 radical (unpaired) electrons. The number of halogens is 3. The number of carbonyl (C=O) groups excluding carboxylic acids is 1. The molecule has 168 valence electrons. The highest BCUT2D eigenvalue weighted by atomic mass is 35.5. The molecule has 1 aliphatic carbocycles. The quantitative estimate of drug-likeness (QED) is 0.591. The first-order valence-electron chi connectivity index (χ1n) is 10.00. The number of hydrogen-bond donors (Lipinski definition) is 2. The number of Topliss-reactive ketones (excluding diaryl/α,β-unsaturated/α-hetero) is 1. The van der Waals surface area contributed by atoms with E-state index in [0.717, 1.165) is 12.1 Å². The average Bonchev–Trinajstić information content (AvgIpc) is 2.93. The van der Waals surface area contributed by atoms with Crippen LogP contribution in [-0.2, 0) is 20.8 Å². The van der Waals surface area contributed by atoms with Gasteiger partial charge in [0.25, 0.3) is 6.43 Å². The fourth-order valence-corrected chi connectivity index (χ4v) is 5.17. The highest BCUT2D eigenvalue weighted by Gasteiger charge is 2.76. The lowest BCUT2D eigenvalue weighted by Gasteiger charge is -2.38. The molecule has 2 aliphatic rings. The molecule has 4 atom stereocenters. The second-order valence-corrected chi connectivity index (χ2v) is 8.50. The zero-order valence-corrected chi connectivity index (χ0v) is 17.5. The number of ketones is 1. The lowest BCUT2D eigenvalue weighted by Crippen LogP contribution is -2.51. The Labute approximate surface area is 191 Å². The molecular formula is C24H16ClF2NO5. The number of alkyl halides is 2.